The highest BCUT2D eigenvalue weighted by molar-refractivity contribution is 4.84. The van der Waals surface area contributed by atoms with Crippen LogP contribution in [0.15, 0.2) is 12.3 Å². The van der Waals surface area contributed by atoms with E-state index in [2.05, 4.69) is 6.58 Å². The van der Waals surface area contributed by atoms with Crippen LogP contribution >= 0.6 is 0 Å². The van der Waals surface area contributed by atoms with Crippen LogP contribution in [0, 0.1) is 11.8 Å². The minimum Gasteiger partial charge on any atom is -0.513 e. The van der Waals surface area contributed by atoms with Crippen LogP contribution in [0.1, 0.15) is 32.1 Å². The van der Waals surface area contributed by atoms with Crippen LogP contribution in [0.4, 0.5) is 0 Å². The third-order valence-corrected chi connectivity index (χ3v) is 2.75. The second kappa shape index (κ2) is 4.51. The molecule has 1 saturated carbocycles. The molecule has 0 aromatic heterocycles. The Bertz CT molecular complexity index is 146. The summed E-state index contributed by atoms with van der Waals surface area (Å²) in [4.78, 5) is 0. The van der Waals surface area contributed by atoms with Crippen molar-refractivity contribution in [1.29, 1.82) is 0 Å². The predicted molar refractivity (Wildman–Crippen MR) is 48.9 cm³/mol. The minimum absolute atomic E-state index is 0.308. The van der Waals surface area contributed by atoms with Crippen molar-refractivity contribution >= 4 is 0 Å². The van der Waals surface area contributed by atoms with Crippen molar-refractivity contribution in [3.05, 3.63) is 12.3 Å². The standard InChI is InChI=1S/C10H18O2/c1-8(12)6-9-2-4-10(7-11)5-3-9/h9-12H,1-7H2. The molecule has 1 aliphatic carbocycles. The van der Waals surface area contributed by atoms with E-state index in [1.807, 2.05) is 0 Å². The third kappa shape index (κ3) is 2.86. The van der Waals surface area contributed by atoms with Crippen molar-refractivity contribution in [3.8, 4) is 0 Å². The van der Waals surface area contributed by atoms with Crippen molar-refractivity contribution in [3.63, 3.8) is 0 Å². The van der Waals surface area contributed by atoms with Gasteiger partial charge in [0.1, 0.15) is 0 Å². The monoisotopic (exact) mass is 170 g/mol. The maximum Gasteiger partial charge on any atom is 0.0853 e. The summed E-state index contributed by atoms with van der Waals surface area (Å²) in [7, 11) is 0. The average molecular weight is 170 g/mol. The topological polar surface area (TPSA) is 40.5 Å². The zero-order valence-corrected chi connectivity index (χ0v) is 7.50. The van der Waals surface area contributed by atoms with Crippen molar-refractivity contribution in [1.82, 2.24) is 0 Å². The van der Waals surface area contributed by atoms with Crippen LogP contribution in [0.5, 0.6) is 0 Å². The van der Waals surface area contributed by atoms with E-state index in [9.17, 15) is 0 Å². The molecule has 0 unspecified atom stereocenters. The summed E-state index contributed by atoms with van der Waals surface area (Å²) in [5.41, 5.74) is 0. The summed E-state index contributed by atoms with van der Waals surface area (Å²) in [6.07, 6.45) is 5.22. The van der Waals surface area contributed by atoms with E-state index < -0.39 is 0 Å². The molecule has 1 rings (SSSR count). The zero-order chi connectivity index (χ0) is 8.97. The Morgan fingerprint density at radius 2 is 1.67 bits per heavy atom. The fourth-order valence-electron chi connectivity index (χ4n) is 1.95. The molecule has 0 spiro atoms. The maximum absolute atomic E-state index is 8.98. The average Bonchev–Trinajstić information content (AvgIpc) is 2.05. The molecule has 2 nitrogen and oxygen atoms in total. The SMILES string of the molecule is C=C(O)CC1CCC(CO)CC1. The van der Waals surface area contributed by atoms with Gasteiger partial charge in [-0.15, -0.1) is 0 Å². The van der Waals surface area contributed by atoms with Crippen LogP contribution in [0.25, 0.3) is 0 Å². The van der Waals surface area contributed by atoms with Gasteiger partial charge in [-0.1, -0.05) is 6.58 Å². The van der Waals surface area contributed by atoms with Crippen molar-refractivity contribution in [2.75, 3.05) is 6.61 Å². The fraction of sp³-hybridized carbons (Fsp3) is 0.800. The summed E-state index contributed by atoms with van der Waals surface area (Å²) < 4.78 is 0. The van der Waals surface area contributed by atoms with Gasteiger partial charge in [-0.2, -0.15) is 0 Å². The Kier molecular flexibility index (Phi) is 3.60. The molecule has 0 radical (unpaired) electrons. The highest BCUT2D eigenvalue weighted by atomic mass is 16.3. The molecule has 1 aliphatic rings. The normalized spacial score (nSPS) is 30.1. The van der Waals surface area contributed by atoms with Crippen molar-refractivity contribution < 1.29 is 10.2 Å². The minimum atomic E-state index is 0.308. The van der Waals surface area contributed by atoms with E-state index in [0.717, 1.165) is 32.1 Å². The van der Waals surface area contributed by atoms with Gasteiger partial charge in [0, 0.05) is 13.0 Å². The molecule has 0 saturated heterocycles. The Morgan fingerprint density at radius 3 is 2.08 bits per heavy atom. The summed E-state index contributed by atoms with van der Waals surface area (Å²) in [6, 6.07) is 0. The lowest BCUT2D eigenvalue weighted by Crippen LogP contribution is -2.17. The predicted octanol–water partition coefficient (Wildman–Crippen LogP) is 2.25. The number of hydrogen-bond acceptors (Lipinski definition) is 2. The molecular formula is C10H18O2. The molecule has 0 aromatic carbocycles. The summed E-state index contributed by atoms with van der Waals surface area (Å²) in [6.45, 7) is 3.82. The van der Waals surface area contributed by atoms with Crippen molar-refractivity contribution in [2.45, 2.75) is 32.1 Å². The second-order valence-electron chi connectivity index (χ2n) is 3.84. The first-order valence-corrected chi connectivity index (χ1v) is 4.70. The van der Waals surface area contributed by atoms with Gasteiger partial charge in [-0.05, 0) is 37.5 Å². The number of rotatable bonds is 3. The van der Waals surface area contributed by atoms with Gasteiger partial charge in [-0.3, -0.25) is 0 Å². The van der Waals surface area contributed by atoms with E-state index in [0.29, 0.717) is 24.2 Å². The van der Waals surface area contributed by atoms with Crippen LogP contribution in [0.2, 0.25) is 0 Å². The first-order chi connectivity index (χ1) is 5.72. The number of aliphatic hydroxyl groups excluding tert-OH is 2. The first kappa shape index (κ1) is 9.59. The highest BCUT2D eigenvalue weighted by Gasteiger charge is 2.20. The maximum atomic E-state index is 8.98. The number of allylic oxidation sites excluding steroid dienone is 1. The Labute approximate surface area is 73.9 Å². The van der Waals surface area contributed by atoms with E-state index >= 15 is 0 Å². The third-order valence-electron chi connectivity index (χ3n) is 2.75. The van der Waals surface area contributed by atoms with Crippen LogP contribution < -0.4 is 0 Å². The molecule has 2 N–H and O–H groups in total. The fourth-order valence-corrected chi connectivity index (χ4v) is 1.95. The zero-order valence-electron chi connectivity index (χ0n) is 7.50. The molecule has 12 heavy (non-hydrogen) atoms. The molecule has 0 aromatic rings. The van der Waals surface area contributed by atoms with Crippen LogP contribution in [-0.4, -0.2) is 16.8 Å². The largest absolute Gasteiger partial charge is 0.513 e. The summed E-state index contributed by atoms with van der Waals surface area (Å²) >= 11 is 0. The van der Waals surface area contributed by atoms with Gasteiger partial charge in [0.25, 0.3) is 0 Å². The molecular weight excluding hydrogens is 152 g/mol. The van der Waals surface area contributed by atoms with E-state index in [-0.39, 0.29) is 0 Å². The van der Waals surface area contributed by atoms with E-state index in [1.54, 1.807) is 0 Å². The van der Waals surface area contributed by atoms with Crippen LogP contribution in [-0.2, 0) is 0 Å². The van der Waals surface area contributed by atoms with E-state index in [4.69, 9.17) is 10.2 Å². The molecule has 1 fully saturated rings. The van der Waals surface area contributed by atoms with Gasteiger partial charge in [0.2, 0.25) is 0 Å². The lowest BCUT2D eigenvalue weighted by molar-refractivity contribution is 0.162. The van der Waals surface area contributed by atoms with Crippen molar-refractivity contribution in [2.24, 2.45) is 11.8 Å². The van der Waals surface area contributed by atoms with Gasteiger partial charge < -0.3 is 10.2 Å². The molecule has 2 heteroatoms. The number of hydrogen-bond donors (Lipinski definition) is 2. The lowest BCUT2D eigenvalue weighted by Gasteiger charge is -2.26. The summed E-state index contributed by atoms with van der Waals surface area (Å²) in [5.74, 6) is 1.42. The first-order valence-electron chi connectivity index (χ1n) is 4.70. The Balaban J connectivity index is 2.21. The molecule has 0 heterocycles. The highest BCUT2D eigenvalue weighted by Crippen LogP contribution is 2.31. The lowest BCUT2D eigenvalue weighted by atomic mass is 9.81. The smallest absolute Gasteiger partial charge is 0.0853 e. The Hall–Kier alpha value is -0.500. The Morgan fingerprint density at radius 1 is 1.17 bits per heavy atom. The molecule has 70 valence electrons. The molecule has 0 bridgehead atoms. The number of aliphatic hydroxyl groups is 2. The van der Waals surface area contributed by atoms with Crippen LogP contribution in [0.3, 0.4) is 0 Å². The van der Waals surface area contributed by atoms with Gasteiger partial charge in [0.15, 0.2) is 0 Å². The van der Waals surface area contributed by atoms with E-state index in [1.165, 1.54) is 0 Å². The second-order valence-corrected chi connectivity index (χ2v) is 3.84. The summed E-state index contributed by atoms with van der Waals surface area (Å²) in [5, 5.41) is 17.9. The van der Waals surface area contributed by atoms with Gasteiger partial charge in [0.05, 0.1) is 5.76 Å². The van der Waals surface area contributed by atoms with Gasteiger partial charge >= 0.3 is 0 Å². The quantitative estimate of drug-likeness (QED) is 0.638. The molecule has 0 atom stereocenters. The molecule has 0 amide bonds. The molecule has 0 aliphatic heterocycles. The van der Waals surface area contributed by atoms with Gasteiger partial charge in [-0.25, -0.2) is 0 Å².